The molecule has 2 nitrogen and oxygen atoms in total. The van der Waals surface area contributed by atoms with Crippen molar-refractivity contribution < 1.29 is 4.74 Å². The topological polar surface area (TPSA) is 21.3 Å². The van der Waals surface area contributed by atoms with Gasteiger partial charge < -0.3 is 10.1 Å². The summed E-state index contributed by atoms with van der Waals surface area (Å²) in [4.78, 5) is 0. The van der Waals surface area contributed by atoms with Gasteiger partial charge in [0.2, 0.25) is 0 Å². The summed E-state index contributed by atoms with van der Waals surface area (Å²) in [6.07, 6.45) is 7.77. The van der Waals surface area contributed by atoms with E-state index in [9.17, 15) is 0 Å². The molecule has 3 heteroatoms. The Bertz CT molecular complexity index is 169. The zero-order valence-electron chi connectivity index (χ0n) is 10.6. The highest BCUT2D eigenvalue weighted by Crippen LogP contribution is 2.36. The van der Waals surface area contributed by atoms with Crippen LogP contribution in [0.4, 0.5) is 0 Å². The molecule has 0 atom stereocenters. The number of halogens is 1. The molecule has 1 N–H and O–H groups in total. The predicted octanol–water partition coefficient (Wildman–Crippen LogP) is 3.19. The maximum Gasteiger partial charge on any atom is 0.0590 e. The fourth-order valence-corrected chi connectivity index (χ4v) is 2.77. The Morgan fingerprint density at radius 1 is 1.19 bits per heavy atom. The summed E-state index contributed by atoms with van der Waals surface area (Å²) < 4.78 is 5.44. The van der Waals surface area contributed by atoms with Crippen LogP contribution in [0.5, 0.6) is 0 Å². The molecule has 1 fully saturated rings. The van der Waals surface area contributed by atoms with E-state index in [1.807, 2.05) is 0 Å². The van der Waals surface area contributed by atoms with E-state index in [2.05, 4.69) is 12.2 Å². The van der Waals surface area contributed by atoms with Gasteiger partial charge in [0.25, 0.3) is 0 Å². The molecule has 0 unspecified atom stereocenters. The Labute approximate surface area is 105 Å². The highest BCUT2D eigenvalue weighted by atomic mass is 35.5. The Balaban J connectivity index is 2.08. The molecule has 0 aliphatic heterocycles. The molecular formula is C13H26ClNO. The lowest BCUT2D eigenvalue weighted by atomic mass is 9.75. The Morgan fingerprint density at radius 3 is 2.56 bits per heavy atom. The summed E-state index contributed by atoms with van der Waals surface area (Å²) in [5.74, 6) is 0.801. The van der Waals surface area contributed by atoms with Crippen molar-refractivity contribution in [3.63, 3.8) is 0 Å². The smallest absolute Gasteiger partial charge is 0.0590 e. The first kappa shape index (κ1) is 14.3. The third-order valence-corrected chi connectivity index (χ3v) is 4.04. The molecule has 0 amide bonds. The van der Waals surface area contributed by atoms with Crippen LogP contribution in [0.25, 0.3) is 0 Å². The monoisotopic (exact) mass is 247 g/mol. The zero-order valence-corrected chi connectivity index (χ0v) is 11.3. The van der Waals surface area contributed by atoms with Crippen LogP contribution in [0, 0.1) is 5.41 Å². The van der Waals surface area contributed by atoms with E-state index in [0.717, 1.165) is 38.6 Å². The molecular weight excluding hydrogens is 222 g/mol. The van der Waals surface area contributed by atoms with E-state index in [-0.39, 0.29) is 0 Å². The van der Waals surface area contributed by atoms with Crippen molar-refractivity contribution in [1.29, 1.82) is 0 Å². The maximum absolute atomic E-state index is 6.13. The quantitative estimate of drug-likeness (QED) is 0.526. The molecule has 16 heavy (non-hydrogen) atoms. The van der Waals surface area contributed by atoms with Crippen LogP contribution in [0.2, 0.25) is 0 Å². The van der Waals surface area contributed by atoms with Crippen LogP contribution < -0.4 is 5.32 Å². The average Bonchev–Trinajstić information content (AvgIpc) is 2.35. The number of nitrogens with one attached hydrogen (secondary N) is 1. The molecule has 1 rings (SSSR count). The number of ether oxygens (including phenoxy) is 1. The molecule has 1 aliphatic carbocycles. The lowest BCUT2D eigenvalue weighted by Gasteiger charge is -2.35. The normalized spacial score (nSPS) is 19.9. The van der Waals surface area contributed by atoms with E-state index in [1.54, 1.807) is 0 Å². The second kappa shape index (κ2) is 8.32. The Kier molecular flexibility index (Phi) is 7.42. The molecule has 1 aliphatic rings. The molecule has 0 heterocycles. The van der Waals surface area contributed by atoms with Gasteiger partial charge in [0, 0.05) is 25.6 Å². The predicted molar refractivity (Wildman–Crippen MR) is 70.2 cm³/mol. The third-order valence-electron chi connectivity index (χ3n) is 3.47. The van der Waals surface area contributed by atoms with Crippen LogP contribution in [0.15, 0.2) is 0 Å². The molecule has 0 saturated heterocycles. The van der Waals surface area contributed by atoms with Gasteiger partial charge in [-0.2, -0.15) is 0 Å². The molecule has 0 aromatic heterocycles. The van der Waals surface area contributed by atoms with E-state index < -0.39 is 0 Å². The average molecular weight is 248 g/mol. The van der Waals surface area contributed by atoms with E-state index in [4.69, 9.17) is 16.3 Å². The molecule has 0 aromatic carbocycles. The highest BCUT2D eigenvalue weighted by molar-refractivity contribution is 6.18. The number of alkyl halides is 1. The van der Waals surface area contributed by atoms with Gasteiger partial charge in [0.15, 0.2) is 0 Å². The van der Waals surface area contributed by atoms with Crippen molar-refractivity contribution in [3.8, 4) is 0 Å². The van der Waals surface area contributed by atoms with Crippen LogP contribution >= 0.6 is 11.6 Å². The van der Waals surface area contributed by atoms with Crippen LogP contribution in [-0.4, -0.2) is 32.2 Å². The second-order valence-electron chi connectivity index (χ2n) is 4.98. The first-order valence-electron chi connectivity index (χ1n) is 6.67. The van der Waals surface area contributed by atoms with Gasteiger partial charge in [-0.1, -0.05) is 26.2 Å². The van der Waals surface area contributed by atoms with E-state index >= 15 is 0 Å². The standard InChI is InChI=1S/C13H26ClNO/c1-2-9-16-10-8-15-12-13(11-14)6-4-3-5-7-13/h15H,2-12H2,1H3. The largest absolute Gasteiger partial charge is 0.380 e. The summed E-state index contributed by atoms with van der Waals surface area (Å²) in [5.41, 5.74) is 0.366. The lowest BCUT2D eigenvalue weighted by molar-refractivity contribution is 0.130. The van der Waals surface area contributed by atoms with Crippen molar-refractivity contribution in [1.82, 2.24) is 5.32 Å². The van der Waals surface area contributed by atoms with Crippen molar-refractivity contribution in [2.45, 2.75) is 45.4 Å². The first-order valence-corrected chi connectivity index (χ1v) is 7.21. The number of hydrogen-bond acceptors (Lipinski definition) is 2. The highest BCUT2D eigenvalue weighted by Gasteiger charge is 2.30. The van der Waals surface area contributed by atoms with Gasteiger partial charge in [-0.15, -0.1) is 11.6 Å². The fraction of sp³-hybridized carbons (Fsp3) is 1.00. The van der Waals surface area contributed by atoms with Gasteiger partial charge in [0.1, 0.15) is 0 Å². The van der Waals surface area contributed by atoms with Gasteiger partial charge in [0.05, 0.1) is 6.61 Å². The van der Waals surface area contributed by atoms with Crippen LogP contribution in [0.3, 0.4) is 0 Å². The van der Waals surface area contributed by atoms with E-state index in [0.29, 0.717) is 5.41 Å². The van der Waals surface area contributed by atoms with E-state index in [1.165, 1.54) is 32.1 Å². The molecule has 0 spiro atoms. The number of hydrogen-bond donors (Lipinski definition) is 1. The molecule has 0 radical (unpaired) electrons. The van der Waals surface area contributed by atoms with Gasteiger partial charge in [-0.05, 0) is 24.7 Å². The lowest BCUT2D eigenvalue weighted by Crippen LogP contribution is -2.38. The van der Waals surface area contributed by atoms with Crippen molar-refractivity contribution in [3.05, 3.63) is 0 Å². The third kappa shape index (κ3) is 5.03. The summed E-state index contributed by atoms with van der Waals surface area (Å²) in [5, 5.41) is 3.50. The van der Waals surface area contributed by atoms with Crippen LogP contribution in [0.1, 0.15) is 45.4 Å². The molecule has 96 valence electrons. The molecule has 0 bridgehead atoms. The SMILES string of the molecule is CCCOCCNCC1(CCl)CCCCC1. The van der Waals surface area contributed by atoms with Gasteiger partial charge >= 0.3 is 0 Å². The van der Waals surface area contributed by atoms with Gasteiger partial charge in [-0.25, -0.2) is 0 Å². The Hall–Kier alpha value is 0.210. The Morgan fingerprint density at radius 2 is 1.94 bits per heavy atom. The number of rotatable bonds is 8. The molecule has 1 saturated carbocycles. The maximum atomic E-state index is 6.13. The minimum atomic E-state index is 0.366. The van der Waals surface area contributed by atoms with Crippen molar-refractivity contribution in [2.24, 2.45) is 5.41 Å². The molecule has 0 aromatic rings. The first-order chi connectivity index (χ1) is 7.83. The van der Waals surface area contributed by atoms with Crippen molar-refractivity contribution in [2.75, 3.05) is 32.2 Å². The second-order valence-corrected chi connectivity index (χ2v) is 5.25. The van der Waals surface area contributed by atoms with Crippen LogP contribution in [-0.2, 0) is 4.74 Å². The fourth-order valence-electron chi connectivity index (χ4n) is 2.40. The minimum Gasteiger partial charge on any atom is -0.380 e. The van der Waals surface area contributed by atoms with Gasteiger partial charge in [-0.3, -0.25) is 0 Å². The summed E-state index contributed by atoms with van der Waals surface area (Å²) in [6.45, 7) is 5.86. The van der Waals surface area contributed by atoms with Crippen molar-refractivity contribution >= 4 is 11.6 Å². The zero-order chi connectivity index (χ0) is 11.7. The summed E-state index contributed by atoms with van der Waals surface area (Å²) in [6, 6.07) is 0. The minimum absolute atomic E-state index is 0.366. The summed E-state index contributed by atoms with van der Waals surface area (Å²) in [7, 11) is 0. The summed E-state index contributed by atoms with van der Waals surface area (Å²) >= 11 is 6.13.